The number of hydrogen-bond acceptors (Lipinski definition) is 7. The van der Waals surface area contributed by atoms with Crippen LogP contribution in [0.4, 0.5) is 5.69 Å². The van der Waals surface area contributed by atoms with E-state index < -0.39 is 10.9 Å². The van der Waals surface area contributed by atoms with Gasteiger partial charge in [-0.1, -0.05) is 11.6 Å². The summed E-state index contributed by atoms with van der Waals surface area (Å²) in [6, 6.07) is 9.07. The molecule has 0 aliphatic carbocycles. The number of thioether (sulfide) groups is 1. The molecular formula is C16H12ClNO6S. The zero-order valence-corrected chi connectivity index (χ0v) is 14.3. The number of nitro groups is 1. The molecule has 1 heterocycles. The van der Waals surface area contributed by atoms with Crippen LogP contribution in [0, 0.1) is 10.1 Å². The predicted molar refractivity (Wildman–Crippen MR) is 91.9 cm³/mol. The van der Waals surface area contributed by atoms with E-state index in [1.54, 1.807) is 12.1 Å². The molecule has 0 unspecified atom stereocenters. The maximum atomic E-state index is 12.0. The molecule has 3 rings (SSSR count). The van der Waals surface area contributed by atoms with Crippen LogP contribution in [0.15, 0.2) is 41.3 Å². The molecule has 0 N–H and O–H groups in total. The standard InChI is InChI=1S/C16H12ClNO6S/c17-12-7-10(18(20)21)1-3-13(12)24-16(19)9-25-11-2-4-14-15(8-11)23-6-5-22-14/h1-4,7-8H,5-6,9H2. The molecular weight excluding hydrogens is 370 g/mol. The SMILES string of the molecule is O=C(CSc1ccc2c(c1)OCCO2)Oc1ccc([N+](=O)[O-])cc1Cl. The monoisotopic (exact) mass is 381 g/mol. The lowest BCUT2D eigenvalue weighted by atomic mass is 10.3. The number of halogens is 1. The predicted octanol–water partition coefficient (Wildman–Crippen LogP) is 3.72. The van der Waals surface area contributed by atoms with Gasteiger partial charge in [-0.25, -0.2) is 0 Å². The Morgan fingerprint density at radius 3 is 2.68 bits per heavy atom. The molecule has 7 nitrogen and oxygen atoms in total. The maximum Gasteiger partial charge on any atom is 0.321 e. The first-order valence-corrected chi connectivity index (χ1v) is 8.56. The van der Waals surface area contributed by atoms with Gasteiger partial charge in [0.25, 0.3) is 5.69 Å². The quantitative estimate of drug-likeness (QED) is 0.256. The Balaban J connectivity index is 1.59. The second-order valence-electron chi connectivity index (χ2n) is 4.94. The molecule has 1 aliphatic rings. The van der Waals surface area contributed by atoms with Crippen molar-refractivity contribution < 1.29 is 23.9 Å². The summed E-state index contributed by atoms with van der Waals surface area (Å²) < 4.78 is 16.1. The highest BCUT2D eigenvalue weighted by Gasteiger charge is 2.15. The molecule has 9 heteroatoms. The average molecular weight is 382 g/mol. The minimum atomic E-state index is -0.574. The Kier molecular flexibility index (Phi) is 5.30. The third-order valence-electron chi connectivity index (χ3n) is 3.22. The lowest BCUT2D eigenvalue weighted by molar-refractivity contribution is -0.384. The Morgan fingerprint density at radius 1 is 1.20 bits per heavy atom. The van der Waals surface area contributed by atoms with Crippen LogP contribution in [0.1, 0.15) is 0 Å². The molecule has 0 bridgehead atoms. The number of nitro benzene ring substituents is 1. The summed E-state index contributed by atoms with van der Waals surface area (Å²) in [7, 11) is 0. The zero-order chi connectivity index (χ0) is 17.8. The van der Waals surface area contributed by atoms with Gasteiger partial charge in [-0.05, 0) is 24.3 Å². The van der Waals surface area contributed by atoms with E-state index in [0.29, 0.717) is 24.7 Å². The molecule has 0 amide bonds. The Labute approximate surface area is 152 Å². The molecule has 0 saturated heterocycles. The van der Waals surface area contributed by atoms with E-state index in [4.69, 9.17) is 25.8 Å². The second kappa shape index (κ2) is 7.62. The first-order valence-electron chi connectivity index (χ1n) is 7.20. The highest BCUT2D eigenvalue weighted by atomic mass is 35.5. The van der Waals surface area contributed by atoms with Gasteiger partial charge in [0, 0.05) is 17.0 Å². The van der Waals surface area contributed by atoms with Gasteiger partial charge in [0.2, 0.25) is 0 Å². The van der Waals surface area contributed by atoms with Crippen molar-refractivity contribution in [1.29, 1.82) is 0 Å². The van der Waals surface area contributed by atoms with Crippen LogP contribution in [-0.4, -0.2) is 29.9 Å². The zero-order valence-electron chi connectivity index (χ0n) is 12.8. The molecule has 0 saturated carbocycles. The van der Waals surface area contributed by atoms with Gasteiger partial charge in [0.15, 0.2) is 11.5 Å². The summed E-state index contributed by atoms with van der Waals surface area (Å²) in [6.07, 6.45) is 0. The van der Waals surface area contributed by atoms with Gasteiger partial charge in [-0.2, -0.15) is 0 Å². The number of fused-ring (bicyclic) bond motifs is 1. The highest BCUT2D eigenvalue weighted by Crippen LogP contribution is 2.34. The molecule has 0 fully saturated rings. The minimum Gasteiger partial charge on any atom is -0.486 e. The van der Waals surface area contributed by atoms with Gasteiger partial charge in [0.1, 0.15) is 19.0 Å². The summed E-state index contributed by atoms with van der Waals surface area (Å²) >= 11 is 7.17. The number of non-ortho nitro benzene ring substituents is 1. The average Bonchev–Trinajstić information content (AvgIpc) is 2.61. The van der Waals surface area contributed by atoms with E-state index in [9.17, 15) is 14.9 Å². The topological polar surface area (TPSA) is 87.9 Å². The minimum absolute atomic E-state index is 0.00637. The Morgan fingerprint density at radius 2 is 1.96 bits per heavy atom. The number of hydrogen-bond donors (Lipinski definition) is 0. The fourth-order valence-electron chi connectivity index (χ4n) is 2.09. The largest absolute Gasteiger partial charge is 0.486 e. The number of ether oxygens (including phenoxy) is 3. The molecule has 130 valence electrons. The van der Waals surface area contributed by atoms with E-state index in [-0.39, 0.29) is 22.2 Å². The van der Waals surface area contributed by atoms with E-state index in [2.05, 4.69) is 0 Å². The van der Waals surface area contributed by atoms with Crippen molar-refractivity contribution in [2.45, 2.75) is 4.90 Å². The molecule has 1 aliphatic heterocycles. The third kappa shape index (κ3) is 4.34. The van der Waals surface area contributed by atoms with Crippen LogP contribution >= 0.6 is 23.4 Å². The first-order chi connectivity index (χ1) is 12.0. The fraction of sp³-hybridized carbons (Fsp3) is 0.188. The van der Waals surface area contributed by atoms with E-state index in [1.807, 2.05) is 6.07 Å². The molecule has 2 aromatic rings. The lowest BCUT2D eigenvalue weighted by Crippen LogP contribution is -2.15. The van der Waals surface area contributed by atoms with E-state index >= 15 is 0 Å². The highest BCUT2D eigenvalue weighted by molar-refractivity contribution is 8.00. The number of esters is 1. The summed E-state index contributed by atoms with van der Waals surface area (Å²) in [5, 5.41) is 10.7. The van der Waals surface area contributed by atoms with Gasteiger partial charge in [0.05, 0.1) is 15.7 Å². The van der Waals surface area contributed by atoms with Crippen LogP contribution in [0.25, 0.3) is 0 Å². The van der Waals surface area contributed by atoms with Crippen LogP contribution in [0.3, 0.4) is 0 Å². The van der Waals surface area contributed by atoms with Gasteiger partial charge in [-0.3, -0.25) is 14.9 Å². The lowest BCUT2D eigenvalue weighted by Gasteiger charge is -2.18. The third-order valence-corrected chi connectivity index (χ3v) is 4.48. The number of carbonyl (C=O) groups excluding carboxylic acids is 1. The van der Waals surface area contributed by atoms with E-state index in [1.165, 1.54) is 23.9 Å². The van der Waals surface area contributed by atoms with Crippen molar-refractivity contribution in [1.82, 2.24) is 0 Å². The van der Waals surface area contributed by atoms with Gasteiger partial charge in [-0.15, -0.1) is 11.8 Å². The van der Waals surface area contributed by atoms with Crippen LogP contribution in [0.5, 0.6) is 17.2 Å². The Bertz CT molecular complexity index is 828. The fourth-order valence-corrected chi connectivity index (χ4v) is 3.01. The molecule has 0 atom stereocenters. The van der Waals surface area contributed by atoms with Crippen molar-refractivity contribution in [3.05, 3.63) is 51.5 Å². The molecule has 25 heavy (non-hydrogen) atoms. The number of carbonyl (C=O) groups is 1. The molecule has 0 radical (unpaired) electrons. The van der Waals surface area contributed by atoms with Crippen molar-refractivity contribution in [3.8, 4) is 17.2 Å². The number of rotatable bonds is 5. The normalized spacial score (nSPS) is 12.5. The van der Waals surface area contributed by atoms with Gasteiger partial charge < -0.3 is 14.2 Å². The smallest absolute Gasteiger partial charge is 0.321 e. The summed E-state index contributed by atoms with van der Waals surface area (Å²) in [6.45, 7) is 1.00. The summed E-state index contributed by atoms with van der Waals surface area (Å²) in [4.78, 5) is 22.9. The van der Waals surface area contributed by atoms with Crippen LogP contribution in [0.2, 0.25) is 5.02 Å². The molecule has 0 spiro atoms. The van der Waals surface area contributed by atoms with Crippen molar-refractivity contribution >= 4 is 35.0 Å². The number of benzene rings is 2. The summed E-state index contributed by atoms with van der Waals surface area (Å²) in [5.74, 6) is 0.932. The molecule has 2 aromatic carbocycles. The maximum absolute atomic E-state index is 12.0. The van der Waals surface area contributed by atoms with Crippen LogP contribution < -0.4 is 14.2 Å². The summed E-state index contributed by atoms with van der Waals surface area (Å²) in [5.41, 5.74) is -0.171. The van der Waals surface area contributed by atoms with E-state index in [0.717, 1.165) is 11.0 Å². The van der Waals surface area contributed by atoms with Crippen LogP contribution in [-0.2, 0) is 4.79 Å². The van der Waals surface area contributed by atoms with Crippen molar-refractivity contribution in [3.63, 3.8) is 0 Å². The first kappa shape index (κ1) is 17.4. The van der Waals surface area contributed by atoms with Gasteiger partial charge >= 0.3 is 5.97 Å². The second-order valence-corrected chi connectivity index (χ2v) is 6.40. The van der Waals surface area contributed by atoms with Crippen molar-refractivity contribution in [2.75, 3.05) is 19.0 Å². The van der Waals surface area contributed by atoms with Crippen molar-refractivity contribution in [2.24, 2.45) is 0 Å². The molecule has 0 aromatic heterocycles. The number of nitrogens with zero attached hydrogens (tertiary/aromatic N) is 1. The Hall–Kier alpha value is -2.45.